The second-order valence-electron chi connectivity index (χ2n) is 3.89. The molecule has 0 saturated heterocycles. The summed E-state index contributed by atoms with van der Waals surface area (Å²) in [5.41, 5.74) is 0.760. The molecule has 0 heterocycles. The first kappa shape index (κ1) is 14.6. The van der Waals surface area contributed by atoms with Gasteiger partial charge in [0.25, 0.3) is 0 Å². The van der Waals surface area contributed by atoms with Gasteiger partial charge in [0.1, 0.15) is 5.82 Å². The van der Waals surface area contributed by atoms with Gasteiger partial charge in [-0.05, 0) is 40.9 Å². The highest BCUT2D eigenvalue weighted by molar-refractivity contribution is 9.10. The van der Waals surface area contributed by atoms with Crippen molar-refractivity contribution in [3.63, 3.8) is 0 Å². The monoisotopic (exact) mass is 304 g/mol. The van der Waals surface area contributed by atoms with Crippen molar-refractivity contribution >= 4 is 15.9 Å². The minimum atomic E-state index is -0.613. The summed E-state index contributed by atoms with van der Waals surface area (Å²) in [4.78, 5) is 0. The second kappa shape index (κ2) is 7.09. The van der Waals surface area contributed by atoms with Crippen molar-refractivity contribution in [1.29, 1.82) is 0 Å². The molecular formula is C13H18BrFO2. The van der Waals surface area contributed by atoms with E-state index in [2.05, 4.69) is 15.9 Å². The Labute approximate surface area is 110 Å². The maximum atomic E-state index is 13.3. The van der Waals surface area contributed by atoms with Gasteiger partial charge in [-0.25, -0.2) is 4.39 Å². The average Bonchev–Trinajstić information content (AvgIpc) is 2.31. The van der Waals surface area contributed by atoms with Crippen LogP contribution in [0.15, 0.2) is 22.7 Å². The van der Waals surface area contributed by atoms with Gasteiger partial charge in [-0.1, -0.05) is 19.1 Å². The minimum Gasteiger partial charge on any atom is -0.390 e. The average molecular weight is 305 g/mol. The van der Waals surface area contributed by atoms with Gasteiger partial charge in [0.05, 0.1) is 16.7 Å². The number of halogens is 2. The number of hydrogen-bond donors (Lipinski definition) is 1. The van der Waals surface area contributed by atoms with Crippen molar-refractivity contribution in [3.8, 4) is 0 Å². The van der Waals surface area contributed by atoms with E-state index in [1.165, 1.54) is 6.07 Å². The highest BCUT2D eigenvalue weighted by Crippen LogP contribution is 2.23. The third-order valence-corrected chi connectivity index (χ3v) is 3.56. The highest BCUT2D eigenvalue weighted by atomic mass is 79.9. The summed E-state index contributed by atoms with van der Waals surface area (Å²) >= 11 is 3.19. The lowest BCUT2D eigenvalue weighted by Crippen LogP contribution is -2.30. The van der Waals surface area contributed by atoms with Gasteiger partial charge in [0.15, 0.2) is 0 Å². The first-order valence-electron chi connectivity index (χ1n) is 5.82. The van der Waals surface area contributed by atoms with E-state index in [0.29, 0.717) is 17.5 Å². The van der Waals surface area contributed by atoms with Crippen LogP contribution in [0.5, 0.6) is 0 Å². The Morgan fingerprint density at radius 3 is 2.71 bits per heavy atom. The topological polar surface area (TPSA) is 29.5 Å². The van der Waals surface area contributed by atoms with Crippen LogP contribution in [0.4, 0.5) is 4.39 Å². The quantitative estimate of drug-likeness (QED) is 0.874. The first-order valence-corrected chi connectivity index (χ1v) is 6.62. The molecule has 4 heteroatoms. The van der Waals surface area contributed by atoms with E-state index in [1.807, 2.05) is 13.8 Å². The fraction of sp³-hybridized carbons (Fsp3) is 0.538. The van der Waals surface area contributed by atoms with Crippen LogP contribution in [0.1, 0.15) is 25.8 Å². The largest absolute Gasteiger partial charge is 0.390 e. The van der Waals surface area contributed by atoms with Crippen molar-refractivity contribution in [2.24, 2.45) is 0 Å². The Balaban J connectivity index is 2.72. The van der Waals surface area contributed by atoms with Crippen LogP contribution in [0.3, 0.4) is 0 Å². The van der Waals surface area contributed by atoms with Gasteiger partial charge in [-0.15, -0.1) is 0 Å². The molecule has 0 aromatic heterocycles. The molecule has 17 heavy (non-hydrogen) atoms. The lowest BCUT2D eigenvalue weighted by Gasteiger charge is -2.22. The Kier molecular flexibility index (Phi) is 6.09. The number of rotatable bonds is 6. The van der Waals surface area contributed by atoms with Crippen molar-refractivity contribution in [2.45, 2.75) is 38.9 Å². The number of aliphatic hydroxyl groups excluding tert-OH is 1. The summed E-state index contributed by atoms with van der Waals surface area (Å²) in [6.45, 7) is 4.43. The normalized spacial score (nSPS) is 14.6. The van der Waals surface area contributed by atoms with E-state index in [-0.39, 0.29) is 11.9 Å². The summed E-state index contributed by atoms with van der Waals surface area (Å²) in [5, 5.41) is 10.0. The van der Waals surface area contributed by atoms with Gasteiger partial charge in [-0.2, -0.15) is 0 Å². The molecule has 0 spiro atoms. The fourth-order valence-corrected chi connectivity index (χ4v) is 2.20. The third-order valence-electron chi connectivity index (χ3n) is 2.67. The van der Waals surface area contributed by atoms with Crippen LogP contribution in [-0.2, 0) is 11.2 Å². The second-order valence-corrected chi connectivity index (χ2v) is 4.68. The molecule has 0 aliphatic carbocycles. The summed E-state index contributed by atoms with van der Waals surface area (Å²) < 4.78 is 19.2. The van der Waals surface area contributed by atoms with E-state index in [1.54, 1.807) is 12.1 Å². The third kappa shape index (κ3) is 4.05. The van der Waals surface area contributed by atoms with Crippen LogP contribution in [-0.4, -0.2) is 23.9 Å². The number of aliphatic hydroxyl groups is 1. The molecule has 0 saturated carbocycles. The zero-order chi connectivity index (χ0) is 12.8. The molecule has 2 atom stereocenters. The lowest BCUT2D eigenvalue weighted by atomic mass is 10.0. The Bertz CT molecular complexity index is 357. The van der Waals surface area contributed by atoms with Crippen molar-refractivity contribution in [2.75, 3.05) is 6.61 Å². The Morgan fingerprint density at radius 1 is 1.41 bits per heavy atom. The van der Waals surface area contributed by atoms with E-state index < -0.39 is 6.10 Å². The van der Waals surface area contributed by atoms with E-state index in [4.69, 9.17) is 4.74 Å². The Morgan fingerprint density at radius 2 is 2.12 bits per heavy atom. The molecule has 0 radical (unpaired) electrons. The molecule has 0 bridgehead atoms. The van der Waals surface area contributed by atoms with Gasteiger partial charge in [0.2, 0.25) is 0 Å². The molecule has 0 amide bonds. The summed E-state index contributed by atoms with van der Waals surface area (Å²) in [5.74, 6) is -0.306. The van der Waals surface area contributed by atoms with Gasteiger partial charge < -0.3 is 9.84 Å². The molecule has 1 aromatic rings. The molecule has 0 aliphatic rings. The van der Waals surface area contributed by atoms with Gasteiger partial charge >= 0.3 is 0 Å². The molecule has 2 nitrogen and oxygen atoms in total. The summed E-state index contributed by atoms with van der Waals surface area (Å²) in [6, 6.07) is 4.83. The zero-order valence-corrected chi connectivity index (χ0v) is 11.7. The van der Waals surface area contributed by atoms with Crippen molar-refractivity contribution < 1.29 is 14.2 Å². The predicted molar refractivity (Wildman–Crippen MR) is 69.5 cm³/mol. The van der Waals surface area contributed by atoms with E-state index >= 15 is 0 Å². The molecule has 1 rings (SSSR count). The smallest absolute Gasteiger partial charge is 0.137 e. The van der Waals surface area contributed by atoms with E-state index in [0.717, 1.165) is 12.0 Å². The fourth-order valence-electron chi connectivity index (χ4n) is 1.78. The molecule has 0 aliphatic heterocycles. The maximum Gasteiger partial charge on any atom is 0.137 e. The molecule has 0 fully saturated rings. The van der Waals surface area contributed by atoms with Crippen LogP contribution in [0.25, 0.3) is 0 Å². The molecular weight excluding hydrogens is 287 g/mol. The van der Waals surface area contributed by atoms with Crippen LogP contribution < -0.4 is 0 Å². The van der Waals surface area contributed by atoms with Gasteiger partial charge in [-0.3, -0.25) is 0 Å². The zero-order valence-electron chi connectivity index (χ0n) is 10.1. The molecule has 2 unspecified atom stereocenters. The van der Waals surface area contributed by atoms with Gasteiger partial charge in [0, 0.05) is 13.0 Å². The highest BCUT2D eigenvalue weighted by Gasteiger charge is 2.19. The lowest BCUT2D eigenvalue weighted by molar-refractivity contribution is -0.0335. The maximum absolute atomic E-state index is 13.3. The van der Waals surface area contributed by atoms with Crippen molar-refractivity contribution in [1.82, 2.24) is 0 Å². The Hall–Kier alpha value is -0.450. The summed E-state index contributed by atoms with van der Waals surface area (Å²) in [7, 11) is 0. The van der Waals surface area contributed by atoms with Crippen LogP contribution in [0, 0.1) is 5.82 Å². The summed E-state index contributed by atoms with van der Waals surface area (Å²) in [6.07, 6.45) is 0.312. The first-order chi connectivity index (χ1) is 8.10. The van der Waals surface area contributed by atoms with E-state index in [9.17, 15) is 9.50 Å². The standard InChI is InChI=1S/C13H18BrFO2/c1-3-12(17-4-2)11(16)8-9-6-5-7-10(15)13(9)14/h5-7,11-12,16H,3-4,8H2,1-2H3. The van der Waals surface area contributed by atoms with Crippen LogP contribution >= 0.6 is 15.9 Å². The minimum absolute atomic E-state index is 0.199. The molecule has 1 aromatic carbocycles. The van der Waals surface area contributed by atoms with Crippen molar-refractivity contribution in [3.05, 3.63) is 34.1 Å². The number of hydrogen-bond acceptors (Lipinski definition) is 2. The number of ether oxygens (including phenoxy) is 1. The van der Waals surface area contributed by atoms with Crippen LogP contribution in [0.2, 0.25) is 0 Å². The molecule has 96 valence electrons. The molecule has 1 N–H and O–H groups in total. The number of benzene rings is 1. The predicted octanol–water partition coefficient (Wildman–Crippen LogP) is 3.31. The SMILES string of the molecule is CCOC(CC)C(O)Cc1cccc(F)c1Br.